The highest BCUT2D eigenvalue weighted by atomic mass is 127. The molecule has 1 heterocycles. The van der Waals surface area contributed by atoms with Gasteiger partial charge in [-0.25, -0.2) is 4.98 Å². The van der Waals surface area contributed by atoms with Gasteiger partial charge < -0.3 is 9.72 Å². The van der Waals surface area contributed by atoms with Crippen molar-refractivity contribution >= 4 is 22.6 Å². The van der Waals surface area contributed by atoms with Crippen molar-refractivity contribution < 1.29 is 4.74 Å². The number of nitrogens with one attached hydrogen (secondary N) is 1. The Morgan fingerprint density at radius 3 is 2.50 bits per heavy atom. The van der Waals surface area contributed by atoms with Gasteiger partial charge in [-0.3, -0.25) is 4.79 Å². The molecule has 1 rings (SSSR count). The second-order valence-electron chi connectivity index (χ2n) is 3.54. The van der Waals surface area contributed by atoms with E-state index in [1.165, 1.54) is 0 Å². The summed E-state index contributed by atoms with van der Waals surface area (Å²) < 4.78 is 6.37. The zero-order valence-corrected chi connectivity index (χ0v) is 12.0. The van der Waals surface area contributed by atoms with E-state index in [0.717, 1.165) is 12.8 Å². The largest absolute Gasteiger partial charge is 0.367 e. The van der Waals surface area contributed by atoms with Gasteiger partial charge >= 0.3 is 0 Å². The molecule has 0 aromatic carbocycles. The molecule has 16 heavy (non-hydrogen) atoms. The lowest BCUT2D eigenvalue weighted by atomic mass is 9.96. The van der Waals surface area contributed by atoms with E-state index in [4.69, 9.17) is 4.74 Å². The number of halogens is 1. The molecule has 0 unspecified atom stereocenters. The van der Waals surface area contributed by atoms with Gasteiger partial charge in [0.2, 0.25) is 0 Å². The van der Waals surface area contributed by atoms with Crippen LogP contribution in [0.3, 0.4) is 0 Å². The molecule has 0 saturated heterocycles. The van der Waals surface area contributed by atoms with E-state index < -0.39 is 5.60 Å². The van der Waals surface area contributed by atoms with Gasteiger partial charge in [-0.1, -0.05) is 13.8 Å². The van der Waals surface area contributed by atoms with Gasteiger partial charge in [-0.2, -0.15) is 0 Å². The van der Waals surface area contributed by atoms with E-state index in [1.54, 1.807) is 6.20 Å². The summed E-state index contributed by atoms with van der Waals surface area (Å²) in [5.74, 6) is 0.629. The molecule has 5 heteroatoms. The van der Waals surface area contributed by atoms with E-state index >= 15 is 0 Å². The smallest absolute Gasteiger partial charge is 0.264 e. The summed E-state index contributed by atoms with van der Waals surface area (Å²) in [4.78, 5) is 18.7. The number of rotatable bonds is 5. The summed E-state index contributed by atoms with van der Waals surface area (Å²) in [6, 6.07) is 0. The standard InChI is InChI=1S/C11H17IN2O2/c1-4-11(5-2,16-6-3)10-13-7-8(12)9(15)14-10/h7H,4-6H2,1-3H3,(H,13,14,15). The Morgan fingerprint density at radius 1 is 1.44 bits per heavy atom. The zero-order chi connectivity index (χ0) is 12.2. The fourth-order valence-corrected chi connectivity index (χ4v) is 2.02. The first-order chi connectivity index (χ1) is 7.59. The number of aromatic amines is 1. The molecule has 0 radical (unpaired) electrons. The van der Waals surface area contributed by atoms with E-state index in [9.17, 15) is 4.79 Å². The highest BCUT2D eigenvalue weighted by Crippen LogP contribution is 2.29. The third-order valence-electron chi connectivity index (χ3n) is 2.75. The van der Waals surface area contributed by atoms with Gasteiger partial charge in [0.15, 0.2) is 0 Å². The monoisotopic (exact) mass is 336 g/mol. The lowest BCUT2D eigenvalue weighted by Crippen LogP contribution is -2.33. The number of aromatic nitrogens is 2. The Hall–Kier alpha value is -0.430. The molecule has 1 aromatic heterocycles. The van der Waals surface area contributed by atoms with Crippen LogP contribution in [-0.2, 0) is 10.3 Å². The van der Waals surface area contributed by atoms with Crippen LogP contribution in [0.4, 0.5) is 0 Å². The highest BCUT2D eigenvalue weighted by Gasteiger charge is 2.31. The quantitative estimate of drug-likeness (QED) is 0.841. The van der Waals surface area contributed by atoms with Crippen LogP contribution in [0.15, 0.2) is 11.0 Å². The lowest BCUT2D eigenvalue weighted by Gasteiger charge is -2.30. The Balaban J connectivity index is 3.20. The number of H-pyrrole nitrogens is 1. The summed E-state index contributed by atoms with van der Waals surface area (Å²) in [7, 11) is 0. The van der Waals surface area contributed by atoms with Gasteiger partial charge in [0.05, 0.1) is 3.57 Å². The molecule has 0 aliphatic rings. The minimum Gasteiger partial charge on any atom is -0.367 e. The summed E-state index contributed by atoms with van der Waals surface area (Å²) in [5.41, 5.74) is -0.560. The molecule has 0 saturated carbocycles. The normalized spacial score (nSPS) is 11.8. The zero-order valence-electron chi connectivity index (χ0n) is 9.84. The molecule has 0 aliphatic carbocycles. The second-order valence-corrected chi connectivity index (χ2v) is 4.71. The lowest BCUT2D eigenvalue weighted by molar-refractivity contribution is -0.0573. The second kappa shape index (κ2) is 5.77. The minimum absolute atomic E-state index is 0.100. The van der Waals surface area contributed by atoms with Crippen molar-refractivity contribution in [2.75, 3.05) is 6.61 Å². The average Bonchev–Trinajstić information content (AvgIpc) is 2.30. The fourth-order valence-electron chi connectivity index (χ4n) is 1.74. The van der Waals surface area contributed by atoms with Crippen molar-refractivity contribution in [3.05, 3.63) is 25.9 Å². The summed E-state index contributed by atoms with van der Waals surface area (Å²) >= 11 is 1.97. The minimum atomic E-state index is -0.460. The van der Waals surface area contributed by atoms with Crippen LogP contribution < -0.4 is 5.56 Å². The van der Waals surface area contributed by atoms with E-state index in [0.29, 0.717) is 16.0 Å². The SMILES string of the molecule is CCOC(CC)(CC)c1ncc(I)c(=O)[nH]1. The van der Waals surface area contributed by atoms with Gasteiger partial charge in [-0.05, 0) is 42.4 Å². The van der Waals surface area contributed by atoms with Gasteiger partial charge in [0.25, 0.3) is 5.56 Å². The van der Waals surface area contributed by atoms with E-state index in [1.807, 2.05) is 43.4 Å². The van der Waals surface area contributed by atoms with Crippen molar-refractivity contribution in [2.24, 2.45) is 0 Å². The molecule has 0 fully saturated rings. The first kappa shape index (κ1) is 13.6. The fraction of sp³-hybridized carbons (Fsp3) is 0.636. The van der Waals surface area contributed by atoms with E-state index in [-0.39, 0.29) is 5.56 Å². The van der Waals surface area contributed by atoms with Crippen LogP contribution in [0, 0.1) is 3.57 Å². The van der Waals surface area contributed by atoms with Crippen LogP contribution in [0.25, 0.3) is 0 Å². The van der Waals surface area contributed by atoms with Gasteiger partial charge in [-0.15, -0.1) is 0 Å². The number of hydrogen-bond acceptors (Lipinski definition) is 3. The molecule has 1 N–H and O–H groups in total. The molecular weight excluding hydrogens is 319 g/mol. The predicted molar refractivity (Wildman–Crippen MR) is 71.5 cm³/mol. The summed E-state index contributed by atoms with van der Waals surface area (Å²) in [6.45, 7) is 6.64. The van der Waals surface area contributed by atoms with Gasteiger partial charge in [0.1, 0.15) is 11.4 Å². The number of nitrogens with zero attached hydrogens (tertiary/aromatic N) is 1. The van der Waals surface area contributed by atoms with Crippen LogP contribution in [0.2, 0.25) is 0 Å². The first-order valence-corrected chi connectivity index (χ1v) is 6.56. The Morgan fingerprint density at radius 2 is 2.06 bits per heavy atom. The molecule has 4 nitrogen and oxygen atoms in total. The summed E-state index contributed by atoms with van der Waals surface area (Å²) in [6.07, 6.45) is 3.18. The maximum atomic E-state index is 11.6. The molecule has 90 valence electrons. The maximum Gasteiger partial charge on any atom is 0.264 e. The van der Waals surface area contributed by atoms with Crippen molar-refractivity contribution in [3.8, 4) is 0 Å². The highest BCUT2D eigenvalue weighted by molar-refractivity contribution is 14.1. The van der Waals surface area contributed by atoms with Crippen molar-refractivity contribution in [2.45, 2.75) is 39.2 Å². The van der Waals surface area contributed by atoms with Crippen LogP contribution in [0.1, 0.15) is 39.4 Å². The van der Waals surface area contributed by atoms with Crippen LogP contribution in [-0.4, -0.2) is 16.6 Å². The topological polar surface area (TPSA) is 55.0 Å². The number of hydrogen-bond donors (Lipinski definition) is 1. The average molecular weight is 336 g/mol. The van der Waals surface area contributed by atoms with Crippen molar-refractivity contribution in [1.29, 1.82) is 0 Å². The van der Waals surface area contributed by atoms with Crippen molar-refractivity contribution in [3.63, 3.8) is 0 Å². The van der Waals surface area contributed by atoms with E-state index in [2.05, 4.69) is 9.97 Å². The molecule has 0 aliphatic heterocycles. The van der Waals surface area contributed by atoms with Crippen molar-refractivity contribution in [1.82, 2.24) is 9.97 Å². The predicted octanol–water partition coefficient (Wildman–Crippen LogP) is 2.43. The third-order valence-corrected chi connectivity index (χ3v) is 3.52. The molecule has 0 amide bonds. The van der Waals surface area contributed by atoms with Crippen LogP contribution in [0.5, 0.6) is 0 Å². The molecular formula is C11H17IN2O2. The Labute approximate surface area is 109 Å². The van der Waals surface area contributed by atoms with Gasteiger partial charge in [0, 0.05) is 12.8 Å². The van der Waals surface area contributed by atoms with Crippen LogP contribution >= 0.6 is 22.6 Å². The molecule has 0 atom stereocenters. The number of ether oxygens (including phenoxy) is 1. The summed E-state index contributed by atoms with van der Waals surface area (Å²) in [5, 5.41) is 0. The molecule has 0 bridgehead atoms. The maximum absolute atomic E-state index is 11.6. The molecule has 0 spiro atoms. The third kappa shape index (κ3) is 2.63. The Bertz CT molecular complexity index is 399. The molecule has 1 aromatic rings. The Kier molecular flexibility index (Phi) is 4.91. The first-order valence-electron chi connectivity index (χ1n) is 5.48.